The van der Waals surface area contributed by atoms with Crippen LogP contribution < -0.4 is 5.73 Å². The van der Waals surface area contributed by atoms with Gasteiger partial charge < -0.3 is 5.73 Å². The van der Waals surface area contributed by atoms with Crippen LogP contribution in [0.4, 0.5) is 0 Å². The average molecular weight is 230 g/mol. The summed E-state index contributed by atoms with van der Waals surface area (Å²) in [5, 5.41) is 8.35. The molecule has 90 valence electrons. The van der Waals surface area contributed by atoms with Gasteiger partial charge >= 0.3 is 0 Å². The normalized spacial score (nSPS) is 12.6. The zero-order valence-electron chi connectivity index (χ0n) is 10.3. The minimum absolute atomic E-state index is 0.140. The molecule has 0 radical (unpaired) electrons. The summed E-state index contributed by atoms with van der Waals surface area (Å²) in [6.07, 6.45) is 1.70. The SMILES string of the molecule is CCC(N)Cc1nnc(C)n1-c1ccccc1. The second-order valence-corrected chi connectivity index (χ2v) is 4.21. The number of para-hydroxylation sites is 1. The van der Waals surface area contributed by atoms with Gasteiger partial charge in [0.05, 0.1) is 0 Å². The Kier molecular flexibility index (Phi) is 3.54. The molecule has 0 bridgehead atoms. The van der Waals surface area contributed by atoms with E-state index in [4.69, 9.17) is 5.73 Å². The predicted octanol–water partition coefficient (Wildman–Crippen LogP) is 1.86. The lowest BCUT2D eigenvalue weighted by molar-refractivity contribution is 0.616. The fraction of sp³-hybridized carbons (Fsp3) is 0.385. The van der Waals surface area contributed by atoms with Crippen molar-refractivity contribution >= 4 is 0 Å². The molecule has 17 heavy (non-hydrogen) atoms. The third-order valence-corrected chi connectivity index (χ3v) is 2.88. The molecule has 0 saturated carbocycles. The number of hydrogen-bond donors (Lipinski definition) is 1. The molecule has 1 atom stereocenters. The third-order valence-electron chi connectivity index (χ3n) is 2.88. The number of hydrogen-bond acceptors (Lipinski definition) is 3. The summed E-state index contributed by atoms with van der Waals surface area (Å²) in [5.74, 6) is 1.83. The zero-order valence-corrected chi connectivity index (χ0v) is 10.3. The van der Waals surface area contributed by atoms with Gasteiger partial charge in [-0.25, -0.2) is 0 Å². The number of nitrogens with zero attached hydrogens (tertiary/aromatic N) is 3. The van der Waals surface area contributed by atoms with Crippen LogP contribution in [-0.4, -0.2) is 20.8 Å². The molecule has 0 aliphatic heterocycles. The second kappa shape index (κ2) is 5.10. The summed E-state index contributed by atoms with van der Waals surface area (Å²) < 4.78 is 2.06. The molecule has 2 rings (SSSR count). The van der Waals surface area contributed by atoms with Gasteiger partial charge in [0.25, 0.3) is 0 Å². The Labute approximate surface area is 101 Å². The second-order valence-electron chi connectivity index (χ2n) is 4.21. The lowest BCUT2D eigenvalue weighted by Crippen LogP contribution is -2.23. The standard InChI is InChI=1S/C13H18N4/c1-3-11(14)9-13-16-15-10(2)17(13)12-7-5-4-6-8-12/h4-8,11H,3,9,14H2,1-2H3. The maximum Gasteiger partial charge on any atom is 0.139 e. The molecule has 2 N–H and O–H groups in total. The van der Waals surface area contributed by atoms with Gasteiger partial charge in [-0.2, -0.15) is 0 Å². The first-order chi connectivity index (χ1) is 8.22. The Hall–Kier alpha value is -1.68. The third kappa shape index (κ3) is 2.53. The van der Waals surface area contributed by atoms with Crippen molar-refractivity contribution in [2.24, 2.45) is 5.73 Å². The van der Waals surface area contributed by atoms with E-state index in [0.717, 1.165) is 30.2 Å². The van der Waals surface area contributed by atoms with Crippen molar-refractivity contribution in [1.29, 1.82) is 0 Å². The summed E-state index contributed by atoms with van der Waals surface area (Å²) in [6, 6.07) is 10.3. The van der Waals surface area contributed by atoms with Crippen molar-refractivity contribution in [1.82, 2.24) is 14.8 Å². The summed E-state index contributed by atoms with van der Waals surface area (Å²) in [6.45, 7) is 4.04. The Bertz CT molecular complexity index is 475. The quantitative estimate of drug-likeness (QED) is 0.872. The topological polar surface area (TPSA) is 56.7 Å². The van der Waals surface area contributed by atoms with E-state index in [-0.39, 0.29) is 6.04 Å². The highest BCUT2D eigenvalue weighted by Crippen LogP contribution is 2.13. The fourth-order valence-electron chi connectivity index (χ4n) is 1.83. The minimum Gasteiger partial charge on any atom is -0.327 e. The van der Waals surface area contributed by atoms with E-state index in [2.05, 4.69) is 33.8 Å². The number of aromatic nitrogens is 3. The number of nitrogens with two attached hydrogens (primary N) is 1. The van der Waals surface area contributed by atoms with Crippen LogP contribution in [0, 0.1) is 6.92 Å². The number of benzene rings is 1. The molecular weight excluding hydrogens is 212 g/mol. The molecule has 1 unspecified atom stereocenters. The smallest absolute Gasteiger partial charge is 0.139 e. The Balaban J connectivity index is 2.36. The van der Waals surface area contributed by atoms with Crippen molar-refractivity contribution in [2.75, 3.05) is 0 Å². The first-order valence-electron chi connectivity index (χ1n) is 5.94. The largest absolute Gasteiger partial charge is 0.327 e. The van der Waals surface area contributed by atoms with Crippen molar-refractivity contribution in [2.45, 2.75) is 32.7 Å². The van der Waals surface area contributed by atoms with Crippen molar-refractivity contribution < 1.29 is 0 Å². The summed E-state index contributed by atoms with van der Waals surface area (Å²) in [5.41, 5.74) is 7.07. The maximum atomic E-state index is 5.98. The first-order valence-corrected chi connectivity index (χ1v) is 5.94. The van der Waals surface area contributed by atoms with E-state index in [1.165, 1.54) is 0 Å². The number of rotatable bonds is 4. The summed E-state index contributed by atoms with van der Waals surface area (Å²) in [4.78, 5) is 0. The first kappa shape index (κ1) is 11.8. The fourth-order valence-corrected chi connectivity index (χ4v) is 1.83. The van der Waals surface area contributed by atoms with E-state index in [1.54, 1.807) is 0 Å². The zero-order chi connectivity index (χ0) is 12.3. The summed E-state index contributed by atoms with van der Waals surface area (Å²) in [7, 11) is 0. The van der Waals surface area contributed by atoms with Gasteiger partial charge in [0, 0.05) is 18.2 Å². The van der Waals surface area contributed by atoms with E-state index < -0.39 is 0 Å². The van der Waals surface area contributed by atoms with E-state index in [9.17, 15) is 0 Å². The van der Waals surface area contributed by atoms with Gasteiger partial charge in [0.15, 0.2) is 0 Å². The Morgan fingerprint density at radius 3 is 2.59 bits per heavy atom. The molecule has 0 aliphatic rings. The number of aryl methyl sites for hydroxylation is 1. The van der Waals surface area contributed by atoms with Gasteiger partial charge in [0.2, 0.25) is 0 Å². The molecule has 2 aromatic rings. The van der Waals surface area contributed by atoms with Crippen molar-refractivity contribution in [3.63, 3.8) is 0 Å². The van der Waals surface area contributed by atoms with Crippen LogP contribution in [0.15, 0.2) is 30.3 Å². The van der Waals surface area contributed by atoms with Gasteiger partial charge in [-0.05, 0) is 25.5 Å². The van der Waals surface area contributed by atoms with Crippen LogP contribution in [0.1, 0.15) is 25.0 Å². The van der Waals surface area contributed by atoms with Crippen molar-refractivity contribution in [3.05, 3.63) is 42.0 Å². The molecule has 1 aromatic heterocycles. The molecule has 4 heteroatoms. The highest BCUT2D eigenvalue weighted by atomic mass is 15.3. The monoisotopic (exact) mass is 230 g/mol. The lowest BCUT2D eigenvalue weighted by atomic mass is 10.1. The van der Waals surface area contributed by atoms with Gasteiger partial charge in [-0.1, -0.05) is 25.1 Å². The molecule has 1 aromatic carbocycles. The van der Waals surface area contributed by atoms with Gasteiger partial charge in [-0.3, -0.25) is 4.57 Å². The highest BCUT2D eigenvalue weighted by molar-refractivity contribution is 5.33. The molecule has 0 saturated heterocycles. The molecule has 0 amide bonds. The van der Waals surface area contributed by atoms with Crippen LogP contribution in [0.2, 0.25) is 0 Å². The predicted molar refractivity (Wildman–Crippen MR) is 68.1 cm³/mol. The molecule has 0 spiro atoms. The van der Waals surface area contributed by atoms with Crippen molar-refractivity contribution in [3.8, 4) is 5.69 Å². The van der Waals surface area contributed by atoms with Gasteiger partial charge in [-0.15, -0.1) is 10.2 Å². The van der Waals surface area contributed by atoms with E-state index in [1.807, 2.05) is 25.1 Å². The van der Waals surface area contributed by atoms with Crippen LogP contribution in [0.3, 0.4) is 0 Å². The Morgan fingerprint density at radius 1 is 1.24 bits per heavy atom. The molecule has 4 nitrogen and oxygen atoms in total. The molecule has 1 heterocycles. The van der Waals surface area contributed by atoms with Crippen LogP contribution >= 0.6 is 0 Å². The maximum absolute atomic E-state index is 5.98. The molecular formula is C13H18N4. The minimum atomic E-state index is 0.140. The van der Waals surface area contributed by atoms with Crippen LogP contribution in [0.25, 0.3) is 5.69 Å². The average Bonchev–Trinajstić information content (AvgIpc) is 2.71. The summed E-state index contributed by atoms with van der Waals surface area (Å²) >= 11 is 0. The van der Waals surface area contributed by atoms with Crippen LogP contribution in [-0.2, 0) is 6.42 Å². The van der Waals surface area contributed by atoms with Crippen LogP contribution in [0.5, 0.6) is 0 Å². The van der Waals surface area contributed by atoms with E-state index >= 15 is 0 Å². The lowest BCUT2D eigenvalue weighted by Gasteiger charge is -2.11. The highest BCUT2D eigenvalue weighted by Gasteiger charge is 2.12. The molecule has 0 aliphatic carbocycles. The molecule has 0 fully saturated rings. The van der Waals surface area contributed by atoms with E-state index in [0.29, 0.717) is 0 Å². The Morgan fingerprint density at radius 2 is 1.94 bits per heavy atom. The van der Waals surface area contributed by atoms with Gasteiger partial charge in [0.1, 0.15) is 11.6 Å².